The number of nitrogens with zero attached hydrogens (tertiary/aromatic N) is 2. The second-order valence-corrected chi connectivity index (χ2v) is 6.46. The van der Waals surface area contributed by atoms with E-state index in [1.54, 1.807) is 13.8 Å². The summed E-state index contributed by atoms with van der Waals surface area (Å²) < 4.78 is 79.5. The third-order valence-electron chi connectivity index (χ3n) is 4.09. The topological polar surface area (TPSA) is 75.3 Å². The van der Waals surface area contributed by atoms with E-state index in [4.69, 9.17) is 5.11 Å². The van der Waals surface area contributed by atoms with Crippen molar-refractivity contribution in [3.05, 3.63) is 53.6 Å². The zero-order valence-electron chi connectivity index (χ0n) is 15.1. The molecule has 2 aromatic rings. The van der Waals surface area contributed by atoms with Crippen molar-refractivity contribution in [2.75, 3.05) is 0 Å². The van der Waals surface area contributed by atoms with Crippen LogP contribution >= 0.6 is 0 Å². The lowest BCUT2D eigenvalue weighted by atomic mass is 9.92. The van der Waals surface area contributed by atoms with Crippen LogP contribution in [0.2, 0.25) is 0 Å². The van der Waals surface area contributed by atoms with Crippen molar-refractivity contribution >= 4 is 12.0 Å². The Morgan fingerprint density at radius 3 is 2.00 bits per heavy atom. The van der Waals surface area contributed by atoms with Crippen LogP contribution in [-0.4, -0.2) is 38.1 Å². The molecule has 0 aliphatic heterocycles. The number of hydrogen-bond donors (Lipinski definition) is 2. The average Bonchev–Trinajstić information content (AvgIpc) is 3.01. The van der Waals surface area contributed by atoms with E-state index in [9.17, 15) is 36.2 Å². The van der Waals surface area contributed by atoms with Crippen LogP contribution in [0, 0.1) is 0 Å². The van der Waals surface area contributed by atoms with Gasteiger partial charge in [0, 0.05) is 23.2 Å². The van der Waals surface area contributed by atoms with Gasteiger partial charge in [-0.15, -0.1) is 0 Å². The Morgan fingerprint density at radius 2 is 1.59 bits per heavy atom. The summed E-state index contributed by atoms with van der Waals surface area (Å²) in [5, 5.41) is 18.2. The number of halogens is 6. The fourth-order valence-electron chi connectivity index (χ4n) is 2.68. The lowest BCUT2D eigenvalue weighted by molar-refractivity contribution is -0.376. The molecule has 0 saturated carbocycles. The van der Waals surface area contributed by atoms with Crippen molar-refractivity contribution in [2.45, 2.75) is 37.7 Å². The predicted octanol–water partition coefficient (Wildman–Crippen LogP) is 4.41. The highest BCUT2D eigenvalue weighted by molar-refractivity contribution is 5.85. The number of carboxylic acid groups (broad SMARTS) is 1. The van der Waals surface area contributed by atoms with E-state index in [0.29, 0.717) is 18.0 Å². The van der Waals surface area contributed by atoms with Gasteiger partial charge in [-0.2, -0.15) is 26.3 Å². The summed E-state index contributed by atoms with van der Waals surface area (Å²) in [6, 6.07) is 2.96. The van der Waals surface area contributed by atoms with Gasteiger partial charge in [0.1, 0.15) is 5.82 Å². The van der Waals surface area contributed by atoms with Crippen molar-refractivity contribution in [3.63, 3.8) is 0 Å². The number of benzene rings is 1. The summed E-state index contributed by atoms with van der Waals surface area (Å²) in [5.41, 5.74) is -6.02. The summed E-state index contributed by atoms with van der Waals surface area (Å²) >= 11 is 0. The van der Waals surface area contributed by atoms with E-state index in [1.807, 2.05) is 0 Å². The minimum Gasteiger partial charge on any atom is -0.478 e. The molecule has 0 aliphatic carbocycles. The zero-order chi connectivity index (χ0) is 22.2. The summed E-state index contributed by atoms with van der Waals surface area (Å²) in [4.78, 5) is 14.9. The molecule has 0 atom stereocenters. The highest BCUT2D eigenvalue weighted by Crippen LogP contribution is 2.50. The second kappa shape index (κ2) is 7.54. The number of rotatable bonds is 5. The minimum absolute atomic E-state index is 0.145. The first-order chi connectivity index (χ1) is 13.2. The number of aliphatic carboxylic acids is 1. The van der Waals surface area contributed by atoms with Crippen molar-refractivity contribution in [2.24, 2.45) is 0 Å². The molecule has 1 aromatic heterocycles. The summed E-state index contributed by atoms with van der Waals surface area (Å²) in [5.74, 6) is -1.03. The molecule has 0 spiro atoms. The third kappa shape index (κ3) is 4.14. The molecule has 5 nitrogen and oxygen atoms in total. The second-order valence-electron chi connectivity index (χ2n) is 6.46. The first kappa shape index (κ1) is 22.5. The van der Waals surface area contributed by atoms with E-state index in [2.05, 4.69) is 4.98 Å². The molecule has 0 unspecified atom stereocenters. The molecule has 11 heteroatoms. The van der Waals surface area contributed by atoms with Gasteiger partial charge in [0.05, 0.1) is 11.9 Å². The Hall–Kier alpha value is -2.82. The molecule has 29 heavy (non-hydrogen) atoms. The highest BCUT2D eigenvalue weighted by atomic mass is 19.4. The van der Waals surface area contributed by atoms with Gasteiger partial charge in [-0.05, 0) is 18.2 Å². The van der Waals surface area contributed by atoms with E-state index in [0.717, 1.165) is 18.2 Å². The molecule has 2 rings (SSSR count). The molecule has 1 aromatic carbocycles. The molecular formula is C18H16F6N2O3. The van der Waals surface area contributed by atoms with E-state index < -0.39 is 29.5 Å². The van der Waals surface area contributed by atoms with Gasteiger partial charge in [-0.3, -0.25) is 4.57 Å². The number of carboxylic acids is 1. The van der Waals surface area contributed by atoms with Gasteiger partial charge >= 0.3 is 18.3 Å². The lowest BCUT2D eigenvalue weighted by Crippen LogP contribution is -2.53. The van der Waals surface area contributed by atoms with Crippen molar-refractivity contribution in [1.29, 1.82) is 0 Å². The van der Waals surface area contributed by atoms with E-state index >= 15 is 0 Å². The van der Waals surface area contributed by atoms with Crippen molar-refractivity contribution in [3.8, 4) is 5.69 Å². The normalized spacial score (nSPS) is 13.4. The average molecular weight is 422 g/mol. The SMILES string of the molecule is CC(C)c1ncc(C=CC(=O)O)n1-c1ccc(C(O)(C(F)(F)F)C(F)(F)F)cc1. The van der Waals surface area contributed by atoms with Gasteiger partial charge in [0.15, 0.2) is 0 Å². The van der Waals surface area contributed by atoms with Crippen LogP contribution in [0.5, 0.6) is 0 Å². The van der Waals surface area contributed by atoms with Crippen LogP contribution in [-0.2, 0) is 10.4 Å². The standard InChI is InChI=1S/C18H16F6N2O3/c1-10(2)15-25-9-13(7-8-14(27)28)26(15)12-5-3-11(4-6-12)16(29,17(19,20)21)18(22,23)24/h3-10,29H,1-2H3,(H,27,28). The van der Waals surface area contributed by atoms with Crippen LogP contribution in [0.4, 0.5) is 26.3 Å². The fourth-order valence-corrected chi connectivity index (χ4v) is 2.68. The molecule has 0 bridgehead atoms. The monoisotopic (exact) mass is 422 g/mol. The van der Waals surface area contributed by atoms with Gasteiger partial charge < -0.3 is 10.2 Å². The van der Waals surface area contributed by atoms with Gasteiger partial charge in [0.25, 0.3) is 5.60 Å². The largest absolute Gasteiger partial charge is 0.478 e. The molecule has 2 N–H and O–H groups in total. The van der Waals surface area contributed by atoms with Crippen LogP contribution in [0.25, 0.3) is 11.8 Å². The molecular weight excluding hydrogens is 406 g/mol. The van der Waals surface area contributed by atoms with E-state index in [1.165, 1.54) is 16.8 Å². The maximum Gasteiger partial charge on any atom is 0.430 e. The van der Waals surface area contributed by atoms with Gasteiger partial charge in [0.2, 0.25) is 0 Å². The fraction of sp³-hybridized carbons (Fsp3) is 0.333. The predicted molar refractivity (Wildman–Crippen MR) is 90.3 cm³/mol. The summed E-state index contributed by atoms with van der Waals surface area (Å²) in [6.07, 6.45) is -8.64. The summed E-state index contributed by atoms with van der Waals surface area (Å²) in [6.45, 7) is 3.51. The number of aliphatic hydroxyl groups is 1. The maximum atomic E-state index is 13.0. The maximum absolute atomic E-state index is 13.0. The molecule has 0 fully saturated rings. The van der Waals surface area contributed by atoms with Crippen molar-refractivity contribution in [1.82, 2.24) is 9.55 Å². The minimum atomic E-state index is -5.99. The molecule has 0 amide bonds. The molecule has 0 saturated heterocycles. The molecule has 0 aliphatic rings. The lowest BCUT2D eigenvalue weighted by Gasteiger charge is -2.32. The third-order valence-corrected chi connectivity index (χ3v) is 4.09. The van der Waals surface area contributed by atoms with Crippen LogP contribution in [0.1, 0.15) is 36.8 Å². The highest BCUT2D eigenvalue weighted by Gasteiger charge is 2.71. The zero-order valence-corrected chi connectivity index (χ0v) is 15.1. The van der Waals surface area contributed by atoms with Crippen LogP contribution < -0.4 is 0 Å². The first-order valence-corrected chi connectivity index (χ1v) is 8.15. The summed E-state index contributed by atoms with van der Waals surface area (Å²) in [7, 11) is 0. The Morgan fingerprint density at radius 1 is 1.07 bits per heavy atom. The number of alkyl halides is 6. The first-order valence-electron chi connectivity index (χ1n) is 8.15. The van der Waals surface area contributed by atoms with Crippen LogP contribution in [0.3, 0.4) is 0 Å². The van der Waals surface area contributed by atoms with Crippen LogP contribution in [0.15, 0.2) is 36.5 Å². The molecule has 0 radical (unpaired) electrons. The Balaban J connectivity index is 2.61. The van der Waals surface area contributed by atoms with Crippen molar-refractivity contribution < 1.29 is 41.4 Å². The number of imidazole rings is 1. The number of aromatic nitrogens is 2. The van der Waals surface area contributed by atoms with E-state index in [-0.39, 0.29) is 17.3 Å². The quantitative estimate of drug-likeness (QED) is 0.553. The number of hydrogen-bond acceptors (Lipinski definition) is 3. The molecule has 1 heterocycles. The van der Waals surface area contributed by atoms with Gasteiger partial charge in [-0.1, -0.05) is 26.0 Å². The smallest absolute Gasteiger partial charge is 0.430 e. The number of carbonyl (C=O) groups is 1. The Bertz CT molecular complexity index is 897. The Kier molecular flexibility index (Phi) is 5.84. The molecule has 158 valence electrons. The Labute approximate surface area is 160 Å². The van der Waals surface area contributed by atoms with Gasteiger partial charge in [-0.25, -0.2) is 9.78 Å².